The zero-order valence-electron chi connectivity index (χ0n) is 14.0. The maximum absolute atomic E-state index is 12.6. The predicted octanol–water partition coefficient (Wildman–Crippen LogP) is 6.88. The molecule has 1 aromatic carbocycles. The van der Waals surface area contributed by atoms with Crippen molar-refractivity contribution in [1.29, 1.82) is 0 Å². The molecule has 0 radical (unpaired) electrons. The minimum absolute atomic E-state index is 0.513. The summed E-state index contributed by atoms with van der Waals surface area (Å²) in [5.41, 5.74) is 2.38. The van der Waals surface area contributed by atoms with Crippen molar-refractivity contribution in [3.05, 3.63) is 65.3 Å². The summed E-state index contributed by atoms with van der Waals surface area (Å²) in [6.45, 7) is 9.98. The number of allylic oxidation sites excluding steroid dienone is 6. The Kier molecular flexibility index (Phi) is 9.23. The Morgan fingerprint density at radius 1 is 0.864 bits per heavy atom. The minimum atomic E-state index is -4.28. The molecule has 3 heteroatoms. The number of hydrogen-bond donors (Lipinski definition) is 0. The SMILES string of the molecule is CC.CC.Cc1ccc(C2=CC=C(C(F)(F)F)C=CC2)cc1. The van der Waals surface area contributed by atoms with Crippen molar-refractivity contribution in [1.82, 2.24) is 0 Å². The van der Waals surface area contributed by atoms with Gasteiger partial charge in [0.1, 0.15) is 0 Å². The average Bonchev–Trinajstić information content (AvgIpc) is 2.78. The monoisotopic (exact) mass is 310 g/mol. The Balaban J connectivity index is 0.00000102. The zero-order valence-corrected chi connectivity index (χ0v) is 14.0. The second kappa shape index (κ2) is 10.0. The molecule has 22 heavy (non-hydrogen) atoms. The lowest BCUT2D eigenvalue weighted by Crippen LogP contribution is -2.09. The largest absolute Gasteiger partial charge is 0.416 e. The lowest BCUT2D eigenvalue weighted by Gasteiger charge is -2.05. The molecule has 2 rings (SSSR count). The van der Waals surface area contributed by atoms with E-state index in [0.29, 0.717) is 6.42 Å². The molecular weight excluding hydrogens is 285 g/mol. The van der Waals surface area contributed by atoms with Crippen molar-refractivity contribution in [2.75, 3.05) is 0 Å². The van der Waals surface area contributed by atoms with Gasteiger partial charge in [0.2, 0.25) is 0 Å². The molecule has 0 N–H and O–H groups in total. The summed E-state index contributed by atoms with van der Waals surface area (Å²) in [6, 6.07) is 7.78. The van der Waals surface area contributed by atoms with Gasteiger partial charge in [-0.2, -0.15) is 13.2 Å². The average molecular weight is 310 g/mol. The Bertz CT molecular complexity index is 515. The maximum atomic E-state index is 12.6. The quantitative estimate of drug-likeness (QED) is 0.530. The third-order valence-electron chi connectivity index (χ3n) is 2.85. The number of halogens is 3. The van der Waals surface area contributed by atoms with Crippen LogP contribution in [0, 0.1) is 6.92 Å². The Morgan fingerprint density at radius 3 is 1.91 bits per heavy atom. The van der Waals surface area contributed by atoms with E-state index in [-0.39, 0.29) is 0 Å². The van der Waals surface area contributed by atoms with Crippen LogP contribution < -0.4 is 0 Å². The Labute approximate surface area is 132 Å². The fourth-order valence-corrected chi connectivity index (χ4v) is 1.80. The normalized spacial score (nSPS) is 13.6. The number of rotatable bonds is 1. The summed E-state index contributed by atoms with van der Waals surface area (Å²) in [7, 11) is 0. The molecule has 0 atom stereocenters. The van der Waals surface area contributed by atoms with E-state index in [4.69, 9.17) is 0 Å². The maximum Gasteiger partial charge on any atom is 0.416 e. The first-order valence-electron chi connectivity index (χ1n) is 7.68. The summed E-state index contributed by atoms with van der Waals surface area (Å²) in [6.07, 6.45) is 1.61. The second-order valence-electron chi connectivity index (χ2n) is 4.28. The molecule has 122 valence electrons. The molecule has 0 saturated carbocycles. The summed E-state index contributed by atoms with van der Waals surface area (Å²) in [4.78, 5) is 0. The Hall–Kier alpha value is -1.77. The van der Waals surface area contributed by atoms with Crippen molar-refractivity contribution < 1.29 is 13.2 Å². The van der Waals surface area contributed by atoms with Gasteiger partial charge >= 0.3 is 6.18 Å². The number of aryl methyl sites for hydroxylation is 1. The van der Waals surface area contributed by atoms with Crippen LogP contribution in [0.15, 0.2) is 54.1 Å². The van der Waals surface area contributed by atoms with Crippen LogP contribution in [0.4, 0.5) is 13.2 Å². The summed E-state index contributed by atoms with van der Waals surface area (Å²) >= 11 is 0. The molecule has 1 aliphatic rings. The predicted molar refractivity (Wildman–Crippen MR) is 89.7 cm³/mol. The van der Waals surface area contributed by atoms with Gasteiger partial charge < -0.3 is 0 Å². The highest BCUT2D eigenvalue weighted by molar-refractivity contribution is 5.69. The Morgan fingerprint density at radius 2 is 1.41 bits per heavy atom. The number of alkyl halides is 3. The first-order valence-corrected chi connectivity index (χ1v) is 7.68. The molecule has 0 nitrogen and oxygen atoms in total. The molecule has 0 amide bonds. The van der Waals surface area contributed by atoms with Crippen LogP contribution in [-0.4, -0.2) is 6.18 Å². The van der Waals surface area contributed by atoms with E-state index in [2.05, 4.69) is 0 Å². The first-order chi connectivity index (χ1) is 10.5. The van der Waals surface area contributed by atoms with Gasteiger partial charge in [-0.15, -0.1) is 0 Å². The highest BCUT2D eigenvalue weighted by atomic mass is 19.4. The van der Waals surface area contributed by atoms with Crippen molar-refractivity contribution in [2.45, 2.75) is 47.2 Å². The molecule has 0 unspecified atom stereocenters. The van der Waals surface area contributed by atoms with E-state index in [9.17, 15) is 13.2 Å². The fourth-order valence-electron chi connectivity index (χ4n) is 1.80. The lowest BCUT2D eigenvalue weighted by atomic mass is 10.0. The van der Waals surface area contributed by atoms with Gasteiger partial charge in [0.05, 0.1) is 5.57 Å². The molecule has 0 saturated heterocycles. The van der Waals surface area contributed by atoms with E-state index in [0.717, 1.165) is 28.9 Å². The van der Waals surface area contributed by atoms with Gasteiger partial charge in [-0.05, 0) is 30.6 Å². The molecule has 0 spiro atoms. The van der Waals surface area contributed by atoms with E-state index >= 15 is 0 Å². The zero-order chi connectivity index (χ0) is 17.2. The van der Waals surface area contributed by atoms with Crippen molar-refractivity contribution in [3.63, 3.8) is 0 Å². The van der Waals surface area contributed by atoms with E-state index in [1.165, 1.54) is 0 Å². The summed E-state index contributed by atoms with van der Waals surface area (Å²) in [5, 5.41) is 0. The van der Waals surface area contributed by atoms with Crippen LogP contribution in [0.1, 0.15) is 45.2 Å². The van der Waals surface area contributed by atoms with Crippen LogP contribution in [0.25, 0.3) is 5.57 Å². The van der Waals surface area contributed by atoms with E-state index in [1.807, 2.05) is 58.9 Å². The van der Waals surface area contributed by atoms with Crippen molar-refractivity contribution >= 4 is 5.57 Å². The minimum Gasteiger partial charge on any atom is -0.166 e. The van der Waals surface area contributed by atoms with Gasteiger partial charge in [0.25, 0.3) is 0 Å². The molecule has 0 aromatic heterocycles. The highest BCUT2D eigenvalue weighted by Crippen LogP contribution is 2.30. The molecule has 0 heterocycles. The van der Waals surface area contributed by atoms with Crippen LogP contribution in [-0.2, 0) is 0 Å². The highest BCUT2D eigenvalue weighted by Gasteiger charge is 2.31. The third-order valence-corrected chi connectivity index (χ3v) is 2.85. The van der Waals surface area contributed by atoms with Crippen molar-refractivity contribution in [2.24, 2.45) is 0 Å². The van der Waals surface area contributed by atoms with Gasteiger partial charge in [-0.25, -0.2) is 0 Å². The van der Waals surface area contributed by atoms with Crippen molar-refractivity contribution in [3.8, 4) is 0 Å². The van der Waals surface area contributed by atoms with Crippen LogP contribution in [0.3, 0.4) is 0 Å². The third kappa shape index (κ3) is 6.33. The van der Waals surface area contributed by atoms with E-state index in [1.54, 1.807) is 12.2 Å². The lowest BCUT2D eigenvalue weighted by molar-refractivity contribution is -0.0881. The number of hydrogen-bond acceptors (Lipinski definition) is 0. The first kappa shape index (κ1) is 20.2. The summed E-state index contributed by atoms with van der Waals surface area (Å²) in [5.74, 6) is 0. The van der Waals surface area contributed by atoms with Gasteiger partial charge in [0, 0.05) is 0 Å². The number of benzene rings is 1. The molecule has 1 aromatic rings. The van der Waals surface area contributed by atoms with Gasteiger partial charge in [-0.3, -0.25) is 0 Å². The molecule has 0 fully saturated rings. The second-order valence-corrected chi connectivity index (χ2v) is 4.28. The summed E-state index contributed by atoms with van der Waals surface area (Å²) < 4.78 is 37.7. The van der Waals surface area contributed by atoms with Crippen LogP contribution in [0.2, 0.25) is 0 Å². The smallest absolute Gasteiger partial charge is 0.166 e. The van der Waals surface area contributed by atoms with Crippen LogP contribution in [0.5, 0.6) is 0 Å². The molecule has 0 aliphatic heterocycles. The van der Waals surface area contributed by atoms with Crippen LogP contribution >= 0.6 is 0 Å². The topological polar surface area (TPSA) is 0 Å². The standard InChI is InChI=1S/C15H13F3.2C2H6/c1-11-5-7-13(8-6-11)12-3-2-4-14(10-9-12)15(16,17)18;2*1-2/h2,4-10H,3H2,1H3;2*1-2H3. The fraction of sp³-hybridized carbons (Fsp3) is 0.368. The molecule has 1 aliphatic carbocycles. The molecule has 0 bridgehead atoms. The van der Waals surface area contributed by atoms with Gasteiger partial charge in [-0.1, -0.05) is 75.8 Å². The molecular formula is C19H25F3. The van der Waals surface area contributed by atoms with Gasteiger partial charge in [0.15, 0.2) is 0 Å². The van der Waals surface area contributed by atoms with E-state index < -0.39 is 11.7 Å².